The molecule has 3 rings (SSSR count). The number of para-hydroxylation sites is 1. The summed E-state index contributed by atoms with van der Waals surface area (Å²) in [6, 6.07) is 11.8. The summed E-state index contributed by atoms with van der Waals surface area (Å²) < 4.78 is 1.16. The van der Waals surface area contributed by atoms with E-state index in [0.717, 1.165) is 20.8 Å². The smallest absolute Gasteiger partial charge is 0.225 e. The Morgan fingerprint density at radius 2 is 2.05 bits per heavy atom. The topological polar surface area (TPSA) is 54.9 Å². The highest BCUT2D eigenvalue weighted by Gasteiger charge is 2.08. The van der Waals surface area contributed by atoms with Gasteiger partial charge >= 0.3 is 0 Å². The Labute approximate surface area is 133 Å². The summed E-state index contributed by atoms with van der Waals surface area (Å²) in [4.78, 5) is 20.6. The number of hydrogen-bond donors (Lipinski definition) is 1. The zero-order valence-electron chi connectivity index (χ0n) is 12.5. The van der Waals surface area contributed by atoms with Crippen LogP contribution in [-0.2, 0) is 4.79 Å². The lowest BCUT2D eigenvalue weighted by Crippen LogP contribution is -2.14. The van der Waals surface area contributed by atoms with Gasteiger partial charge in [-0.1, -0.05) is 26.0 Å². The Morgan fingerprint density at radius 3 is 2.73 bits per heavy atom. The average molecular weight is 311 g/mol. The molecule has 22 heavy (non-hydrogen) atoms. The zero-order valence-corrected chi connectivity index (χ0v) is 13.4. The molecule has 0 bridgehead atoms. The molecule has 0 saturated carbocycles. The molecule has 4 nitrogen and oxygen atoms in total. The highest BCUT2D eigenvalue weighted by molar-refractivity contribution is 7.21. The van der Waals surface area contributed by atoms with E-state index in [1.807, 2.05) is 44.2 Å². The number of aromatic nitrogens is 2. The molecule has 0 aliphatic rings. The molecule has 1 N–H and O–H groups in total. The lowest BCUT2D eigenvalue weighted by Gasteiger charge is -2.06. The second-order valence-electron chi connectivity index (χ2n) is 5.57. The van der Waals surface area contributed by atoms with Crippen molar-refractivity contribution >= 4 is 33.3 Å². The third-order valence-corrected chi connectivity index (χ3v) is 4.25. The van der Waals surface area contributed by atoms with E-state index in [1.54, 1.807) is 17.5 Å². The van der Waals surface area contributed by atoms with Gasteiger partial charge in [-0.05, 0) is 30.2 Å². The van der Waals surface area contributed by atoms with Gasteiger partial charge in [-0.2, -0.15) is 0 Å². The molecule has 0 radical (unpaired) electrons. The van der Waals surface area contributed by atoms with Crippen LogP contribution in [0.1, 0.15) is 20.3 Å². The van der Waals surface area contributed by atoms with Gasteiger partial charge in [-0.3, -0.25) is 4.79 Å². The van der Waals surface area contributed by atoms with E-state index in [9.17, 15) is 4.79 Å². The molecule has 0 fully saturated rings. The largest absolute Gasteiger partial charge is 0.311 e. The Morgan fingerprint density at radius 1 is 1.23 bits per heavy atom. The molecular formula is C17H17N3OS. The Balaban J connectivity index is 1.77. The van der Waals surface area contributed by atoms with Crippen LogP contribution in [0.25, 0.3) is 20.8 Å². The van der Waals surface area contributed by atoms with E-state index in [-0.39, 0.29) is 5.91 Å². The van der Waals surface area contributed by atoms with Crippen molar-refractivity contribution in [1.82, 2.24) is 9.97 Å². The molecule has 0 unspecified atom stereocenters. The summed E-state index contributed by atoms with van der Waals surface area (Å²) in [5, 5.41) is 3.75. The maximum Gasteiger partial charge on any atom is 0.225 e. The van der Waals surface area contributed by atoms with Crippen LogP contribution >= 0.6 is 11.3 Å². The number of anilines is 1. The van der Waals surface area contributed by atoms with Gasteiger partial charge in [-0.25, -0.2) is 9.97 Å². The van der Waals surface area contributed by atoms with Crippen LogP contribution in [0.5, 0.6) is 0 Å². The second-order valence-corrected chi connectivity index (χ2v) is 6.60. The van der Waals surface area contributed by atoms with Crippen LogP contribution in [0.15, 0.2) is 42.6 Å². The summed E-state index contributed by atoms with van der Waals surface area (Å²) in [5.74, 6) is 0.910. The lowest BCUT2D eigenvalue weighted by atomic mass is 10.1. The lowest BCUT2D eigenvalue weighted by molar-refractivity contribution is -0.116. The van der Waals surface area contributed by atoms with E-state index in [4.69, 9.17) is 0 Å². The van der Waals surface area contributed by atoms with Crippen molar-refractivity contribution in [2.75, 3.05) is 5.32 Å². The monoisotopic (exact) mass is 311 g/mol. The van der Waals surface area contributed by atoms with Crippen LogP contribution < -0.4 is 5.32 Å². The molecular weight excluding hydrogens is 294 g/mol. The Hall–Kier alpha value is -2.27. The van der Waals surface area contributed by atoms with Crippen molar-refractivity contribution in [3.63, 3.8) is 0 Å². The summed E-state index contributed by atoms with van der Waals surface area (Å²) in [6.07, 6.45) is 2.25. The average Bonchev–Trinajstić information content (AvgIpc) is 2.91. The van der Waals surface area contributed by atoms with E-state index in [0.29, 0.717) is 18.2 Å². The zero-order chi connectivity index (χ0) is 15.5. The molecule has 0 spiro atoms. The number of rotatable bonds is 4. The fourth-order valence-electron chi connectivity index (χ4n) is 2.15. The minimum Gasteiger partial charge on any atom is -0.311 e. The molecule has 0 saturated heterocycles. The normalized spacial score (nSPS) is 11.0. The molecule has 1 aromatic carbocycles. The molecule has 0 aliphatic carbocycles. The first-order valence-corrected chi connectivity index (χ1v) is 8.05. The van der Waals surface area contributed by atoms with Gasteiger partial charge in [0.1, 0.15) is 10.8 Å². The first-order chi connectivity index (χ1) is 10.6. The summed E-state index contributed by atoms with van der Waals surface area (Å²) in [7, 11) is 0. The number of amides is 1. The van der Waals surface area contributed by atoms with E-state index >= 15 is 0 Å². The van der Waals surface area contributed by atoms with E-state index in [1.165, 1.54) is 0 Å². The number of nitrogens with zero attached hydrogens (tertiary/aromatic N) is 2. The summed E-state index contributed by atoms with van der Waals surface area (Å²) >= 11 is 1.64. The van der Waals surface area contributed by atoms with Gasteiger partial charge in [-0.15, -0.1) is 11.3 Å². The van der Waals surface area contributed by atoms with Crippen molar-refractivity contribution in [3.8, 4) is 10.6 Å². The maximum atomic E-state index is 11.7. The standard InChI is InChI=1S/C17H17N3OS/c1-11(2)9-16(21)20-15-8-7-12(10-18-15)17-19-13-5-3-4-6-14(13)22-17/h3-8,10-11H,9H2,1-2H3,(H,18,20,21). The van der Waals surface area contributed by atoms with Gasteiger partial charge in [0.25, 0.3) is 0 Å². The van der Waals surface area contributed by atoms with Crippen LogP contribution in [0.4, 0.5) is 5.82 Å². The minimum absolute atomic E-state index is 0.00441. The maximum absolute atomic E-state index is 11.7. The minimum atomic E-state index is -0.00441. The molecule has 112 valence electrons. The number of thiazole rings is 1. The van der Waals surface area contributed by atoms with Gasteiger partial charge in [0, 0.05) is 18.2 Å². The fourth-order valence-corrected chi connectivity index (χ4v) is 3.11. The molecule has 5 heteroatoms. The van der Waals surface area contributed by atoms with Gasteiger partial charge < -0.3 is 5.32 Å². The van der Waals surface area contributed by atoms with Gasteiger partial charge in [0.2, 0.25) is 5.91 Å². The van der Waals surface area contributed by atoms with Gasteiger partial charge in [0.15, 0.2) is 0 Å². The van der Waals surface area contributed by atoms with E-state index in [2.05, 4.69) is 21.4 Å². The van der Waals surface area contributed by atoms with Crippen LogP contribution in [0.3, 0.4) is 0 Å². The van der Waals surface area contributed by atoms with Crippen molar-refractivity contribution in [3.05, 3.63) is 42.6 Å². The number of benzene rings is 1. The van der Waals surface area contributed by atoms with E-state index < -0.39 is 0 Å². The number of carbonyl (C=O) groups excluding carboxylic acids is 1. The first-order valence-electron chi connectivity index (χ1n) is 7.23. The summed E-state index contributed by atoms with van der Waals surface area (Å²) in [5.41, 5.74) is 1.96. The van der Waals surface area contributed by atoms with Crippen LogP contribution in [0, 0.1) is 5.92 Å². The molecule has 2 heterocycles. The Kier molecular flexibility index (Phi) is 4.15. The number of nitrogens with one attached hydrogen (secondary N) is 1. The van der Waals surface area contributed by atoms with Crippen molar-refractivity contribution in [2.45, 2.75) is 20.3 Å². The van der Waals surface area contributed by atoms with Crippen molar-refractivity contribution in [2.24, 2.45) is 5.92 Å². The number of carbonyl (C=O) groups is 1. The number of fused-ring (bicyclic) bond motifs is 1. The quantitative estimate of drug-likeness (QED) is 0.779. The Bertz CT molecular complexity index is 760. The SMILES string of the molecule is CC(C)CC(=O)Nc1ccc(-c2nc3ccccc3s2)cn1. The van der Waals surface area contributed by atoms with Crippen molar-refractivity contribution < 1.29 is 4.79 Å². The number of pyridine rings is 1. The van der Waals surface area contributed by atoms with Crippen molar-refractivity contribution in [1.29, 1.82) is 0 Å². The number of hydrogen-bond acceptors (Lipinski definition) is 4. The molecule has 0 atom stereocenters. The highest BCUT2D eigenvalue weighted by Crippen LogP contribution is 2.29. The third-order valence-electron chi connectivity index (χ3n) is 3.17. The molecule has 3 aromatic rings. The second kappa shape index (κ2) is 6.23. The highest BCUT2D eigenvalue weighted by atomic mass is 32.1. The molecule has 0 aliphatic heterocycles. The van der Waals surface area contributed by atoms with Gasteiger partial charge in [0.05, 0.1) is 10.2 Å². The predicted octanol–water partition coefficient (Wildman–Crippen LogP) is 4.34. The summed E-state index contributed by atoms with van der Waals surface area (Å²) in [6.45, 7) is 4.03. The predicted molar refractivity (Wildman–Crippen MR) is 90.9 cm³/mol. The molecule has 2 aromatic heterocycles. The first kappa shape index (κ1) is 14.7. The third kappa shape index (κ3) is 3.31. The molecule has 1 amide bonds. The van der Waals surface area contributed by atoms with Crippen LogP contribution in [-0.4, -0.2) is 15.9 Å². The van der Waals surface area contributed by atoms with Crippen LogP contribution in [0.2, 0.25) is 0 Å². The fraction of sp³-hybridized carbons (Fsp3) is 0.235.